The molecule has 0 bridgehead atoms. The minimum Gasteiger partial charge on any atom is -0.495 e. The Kier molecular flexibility index (Phi) is 3.68. The zero-order valence-corrected chi connectivity index (χ0v) is 9.07. The molecule has 1 atom stereocenters. The van der Waals surface area contributed by atoms with Gasteiger partial charge >= 0.3 is 0 Å². The van der Waals surface area contributed by atoms with Gasteiger partial charge in [-0.1, -0.05) is 12.1 Å². The van der Waals surface area contributed by atoms with E-state index in [1.807, 2.05) is 0 Å². The molecular formula is C11H15NO3. The van der Waals surface area contributed by atoms with Gasteiger partial charge in [-0.25, -0.2) is 0 Å². The molecule has 0 fully saturated rings. The number of rotatable bonds is 3. The standard InChI is InChI=1S/C11H15NO3/c1-7(13)9-5-4-6-10(15-3)11(9)12-8(2)14/h4-7,13H,1-3H3,(H,12,14). The van der Waals surface area contributed by atoms with Crippen molar-refractivity contribution in [1.82, 2.24) is 0 Å². The number of hydrogen-bond acceptors (Lipinski definition) is 3. The lowest BCUT2D eigenvalue weighted by atomic mass is 10.1. The highest BCUT2D eigenvalue weighted by Gasteiger charge is 2.13. The minimum absolute atomic E-state index is 0.193. The highest BCUT2D eigenvalue weighted by atomic mass is 16.5. The highest BCUT2D eigenvalue weighted by Crippen LogP contribution is 2.32. The molecule has 2 N–H and O–H groups in total. The van der Waals surface area contributed by atoms with Crippen LogP contribution in [-0.4, -0.2) is 18.1 Å². The second-order valence-corrected chi connectivity index (χ2v) is 3.28. The Morgan fingerprint density at radius 2 is 2.20 bits per heavy atom. The molecule has 4 nitrogen and oxygen atoms in total. The van der Waals surface area contributed by atoms with Gasteiger partial charge in [0.2, 0.25) is 5.91 Å². The average Bonchev–Trinajstić information content (AvgIpc) is 2.16. The first-order valence-corrected chi connectivity index (χ1v) is 4.68. The van der Waals surface area contributed by atoms with Crippen molar-refractivity contribution in [3.05, 3.63) is 23.8 Å². The van der Waals surface area contributed by atoms with Crippen LogP contribution in [0, 0.1) is 0 Å². The van der Waals surface area contributed by atoms with Crippen molar-refractivity contribution in [2.45, 2.75) is 20.0 Å². The van der Waals surface area contributed by atoms with Crippen LogP contribution in [-0.2, 0) is 4.79 Å². The second kappa shape index (κ2) is 4.79. The molecule has 0 heterocycles. The second-order valence-electron chi connectivity index (χ2n) is 3.28. The third kappa shape index (κ3) is 2.70. The Morgan fingerprint density at radius 3 is 2.67 bits per heavy atom. The van der Waals surface area contributed by atoms with Crippen LogP contribution >= 0.6 is 0 Å². The number of carbonyl (C=O) groups excluding carboxylic acids is 1. The molecule has 82 valence electrons. The molecule has 1 aromatic rings. The molecule has 0 aliphatic carbocycles. The van der Waals surface area contributed by atoms with Gasteiger partial charge in [-0.05, 0) is 13.0 Å². The number of ether oxygens (including phenoxy) is 1. The molecule has 0 aliphatic rings. The Balaban J connectivity index is 3.20. The number of hydrogen-bond donors (Lipinski definition) is 2. The summed E-state index contributed by atoms with van der Waals surface area (Å²) in [4.78, 5) is 11.0. The molecule has 0 spiro atoms. The van der Waals surface area contributed by atoms with Crippen LogP contribution in [0.15, 0.2) is 18.2 Å². The maximum Gasteiger partial charge on any atom is 0.221 e. The first kappa shape index (κ1) is 11.5. The molecule has 0 saturated heterocycles. The summed E-state index contributed by atoms with van der Waals surface area (Å²) < 4.78 is 5.11. The van der Waals surface area contributed by atoms with Crippen LogP contribution in [0.1, 0.15) is 25.5 Å². The van der Waals surface area contributed by atoms with Gasteiger partial charge in [-0.3, -0.25) is 4.79 Å². The SMILES string of the molecule is COc1cccc(C(C)O)c1NC(C)=O. The number of carbonyl (C=O) groups is 1. The van der Waals surface area contributed by atoms with E-state index < -0.39 is 6.10 Å². The molecule has 1 rings (SSSR count). The van der Waals surface area contributed by atoms with Crippen LogP contribution in [0.25, 0.3) is 0 Å². The predicted molar refractivity (Wildman–Crippen MR) is 57.9 cm³/mol. The van der Waals surface area contributed by atoms with Crippen molar-refractivity contribution in [3.63, 3.8) is 0 Å². The normalized spacial score (nSPS) is 12.0. The molecule has 0 radical (unpaired) electrons. The van der Waals surface area contributed by atoms with Crippen LogP contribution in [0.2, 0.25) is 0 Å². The van der Waals surface area contributed by atoms with Crippen molar-refractivity contribution < 1.29 is 14.6 Å². The fraction of sp³-hybridized carbons (Fsp3) is 0.364. The third-order valence-corrected chi connectivity index (χ3v) is 2.03. The molecule has 4 heteroatoms. The first-order chi connectivity index (χ1) is 7.06. The van der Waals surface area contributed by atoms with Gasteiger partial charge in [0, 0.05) is 12.5 Å². The van der Waals surface area contributed by atoms with Crippen LogP contribution in [0.4, 0.5) is 5.69 Å². The zero-order chi connectivity index (χ0) is 11.4. The Morgan fingerprint density at radius 1 is 1.53 bits per heavy atom. The quantitative estimate of drug-likeness (QED) is 0.796. The van der Waals surface area contributed by atoms with E-state index in [1.54, 1.807) is 25.1 Å². The van der Waals surface area contributed by atoms with Crippen LogP contribution < -0.4 is 10.1 Å². The maximum absolute atomic E-state index is 11.0. The van der Waals surface area contributed by atoms with Gasteiger partial charge in [-0.2, -0.15) is 0 Å². The van der Waals surface area contributed by atoms with E-state index in [0.29, 0.717) is 17.0 Å². The highest BCUT2D eigenvalue weighted by molar-refractivity contribution is 5.91. The fourth-order valence-corrected chi connectivity index (χ4v) is 1.38. The molecule has 0 saturated carbocycles. The number of amides is 1. The van der Waals surface area contributed by atoms with E-state index in [4.69, 9.17) is 4.74 Å². The maximum atomic E-state index is 11.0. The smallest absolute Gasteiger partial charge is 0.221 e. The molecule has 15 heavy (non-hydrogen) atoms. The van der Waals surface area contributed by atoms with Crippen molar-refractivity contribution in [2.75, 3.05) is 12.4 Å². The summed E-state index contributed by atoms with van der Waals surface area (Å²) in [6.07, 6.45) is -0.651. The number of aliphatic hydroxyl groups is 1. The van der Waals surface area contributed by atoms with Gasteiger partial charge in [0.15, 0.2) is 0 Å². The molecule has 1 amide bonds. The zero-order valence-electron chi connectivity index (χ0n) is 9.07. The molecule has 1 aromatic carbocycles. The summed E-state index contributed by atoms with van der Waals surface area (Å²) >= 11 is 0. The Labute approximate surface area is 88.9 Å². The molecule has 0 aromatic heterocycles. The van der Waals surface area contributed by atoms with E-state index in [0.717, 1.165) is 0 Å². The summed E-state index contributed by atoms with van der Waals surface area (Å²) in [5, 5.41) is 12.2. The predicted octanol–water partition coefficient (Wildman–Crippen LogP) is 1.71. The summed E-state index contributed by atoms with van der Waals surface area (Å²) in [5.41, 5.74) is 1.17. The van der Waals surface area contributed by atoms with Gasteiger partial charge < -0.3 is 15.2 Å². The summed E-state index contributed by atoms with van der Waals surface area (Å²) in [5.74, 6) is 0.352. The van der Waals surface area contributed by atoms with E-state index in [9.17, 15) is 9.90 Å². The Bertz CT molecular complexity index is 361. The largest absolute Gasteiger partial charge is 0.495 e. The van der Waals surface area contributed by atoms with Crippen molar-refractivity contribution in [1.29, 1.82) is 0 Å². The summed E-state index contributed by atoms with van der Waals surface area (Å²) in [6.45, 7) is 3.05. The lowest BCUT2D eigenvalue weighted by molar-refractivity contribution is -0.114. The van der Waals surface area contributed by atoms with Crippen LogP contribution in [0.5, 0.6) is 5.75 Å². The number of nitrogens with one attached hydrogen (secondary N) is 1. The van der Waals surface area contributed by atoms with E-state index in [2.05, 4.69) is 5.32 Å². The lowest BCUT2D eigenvalue weighted by Crippen LogP contribution is -2.10. The topological polar surface area (TPSA) is 58.6 Å². The van der Waals surface area contributed by atoms with Crippen molar-refractivity contribution in [2.24, 2.45) is 0 Å². The van der Waals surface area contributed by atoms with E-state index in [1.165, 1.54) is 14.0 Å². The number of aliphatic hydroxyl groups excluding tert-OH is 1. The first-order valence-electron chi connectivity index (χ1n) is 4.68. The molecule has 1 unspecified atom stereocenters. The number of para-hydroxylation sites is 1. The van der Waals surface area contributed by atoms with E-state index in [-0.39, 0.29) is 5.91 Å². The monoisotopic (exact) mass is 209 g/mol. The fourth-order valence-electron chi connectivity index (χ4n) is 1.38. The summed E-state index contributed by atoms with van der Waals surface area (Å²) in [6, 6.07) is 5.25. The average molecular weight is 209 g/mol. The molecule has 0 aliphatic heterocycles. The van der Waals surface area contributed by atoms with Gasteiger partial charge in [-0.15, -0.1) is 0 Å². The number of anilines is 1. The minimum atomic E-state index is -0.651. The van der Waals surface area contributed by atoms with Gasteiger partial charge in [0.05, 0.1) is 18.9 Å². The van der Waals surface area contributed by atoms with Gasteiger partial charge in [0.25, 0.3) is 0 Å². The Hall–Kier alpha value is -1.55. The number of methoxy groups -OCH3 is 1. The van der Waals surface area contributed by atoms with Crippen LogP contribution in [0.3, 0.4) is 0 Å². The summed E-state index contributed by atoms with van der Waals surface area (Å²) in [7, 11) is 1.52. The van der Waals surface area contributed by atoms with Gasteiger partial charge in [0.1, 0.15) is 5.75 Å². The lowest BCUT2D eigenvalue weighted by Gasteiger charge is -2.15. The van der Waals surface area contributed by atoms with Crippen molar-refractivity contribution in [3.8, 4) is 5.75 Å². The van der Waals surface area contributed by atoms with E-state index >= 15 is 0 Å². The number of benzene rings is 1. The van der Waals surface area contributed by atoms with Crippen molar-refractivity contribution >= 4 is 11.6 Å². The molecular weight excluding hydrogens is 194 g/mol. The third-order valence-electron chi connectivity index (χ3n) is 2.03.